The summed E-state index contributed by atoms with van der Waals surface area (Å²) >= 11 is 0. The number of esters is 1. The quantitative estimate of drug-likeness (QED) is 0.459. The summed E-state index contributed by atoms with van der Waals surface area (Å²) in [5.41, 5.74) is 2.83. The Morgan fingerprint density at radius 2 is 2.03 bits per heavy atom. The van der Waals surface area contributed by atoms with Gasteiger partial charge in [-0.1, -0.05) is 37.3 Å². The second-order valence-electron chi connectivity index (χ2n) is 8.81. The lowest BCUT2D eigenvalue weighted by molar-refractivity contribution is -0.135. The first-order chi connectivity index (χ1) is 16.7. The zero-order chi connectivity index (χ0) is 25.2. The molecule has 0 spiro atoms. The van der Waals surface area contributed by atoms with Crippen LogP contribution in [0.25, 0.3) is 0 Å². The van der Waals surface area contributed by atoms with E-state index in [4.69, 9.17) is 9.47 Å². The third kappa shape index (κ3) is 5.54. The Hall–Kier alpha value is -3.24. The van der Waals surface area contributed by atoms with Gasteiger partial charge in [0.05, 0.1) is 13.0 Å². The molecule has 2 aromatic carbocycles. The lowest BCUT2D eigenvalue weighted by Gasteiger charge is -2.23. The smallest absolute Gasteiger partial charge is 0.313 e. The van der Waals surface area contributed by atoms with Crippen molar-refractivity contribution in [3.63, 3.8) is 0 Å². The van der Waals surface area contributed by atoms with Gasteiger partial charge in [0.25, 0.3) is 5.88 Å². The standard InChI is InChI=1S/C25H30N4O5S/c1-5-19(13-25(30)34-24-14-26-28(4)27-24)20-11-10-17(2)21(12-20)16-29-15-18(3)33-22-8-6-7-9-23(22)35(29,31)32/h6-12,14,18-19H,5,13,15-16H2,1-4H3/t18-,19?/m1/s1. The summed E-state index contributed by atoms with van der Waals surface area (Å²) in [6.45, 7) is 6.28. The largest absolute Gasteiger partial charge is 0.488 e. The van der Waals surface area contributed by atoms with Crippen LogP contribution in [0, 0.1) is 6.92 Å². The van der Waals surface area contributed by atoms with Gasteiger partial charge in [0.2, 0.25) is 10.0 Å². The summed E-state index contributed by atoms with van der Waals surface area (Å²) in [7, 11) is -2.09. The molecule has 4 rings (SSSR count). The predicted molar refractivity (Wildman–Crippen MR) is 130 cm³/mol. The fourth-order valence-corrected chi connectivity index (χ4v) is 5.84. The maximum Gasteiger partial charge on any atom is 0.313 e. The van der Waals surface area contributed by atoms with Crippen molar-refractivity contribution in [1.82, 2.24) is 19.3 Å². The van der Waals surface area contributed by atoms with Crippen molar-refractivity contribution in [2.24, 2.45) is 7.05 Å². The summed E-state index contributed by atoms with van der Waals surface area (Å²) in [5.74, 6) is 0.0694. The first kappa shape index (κ1) is 24.9. The van der Waals surface area contributed by atoms with Gasteiger partial charge in [-0.3, -0.25) is 4.79 Å². The second kappa shape index (κ2) is 10.2. The Morgan fingerprint density at radius 1 is 1.26 bits per heavy atom. The molecule has 9 nitrogen and oxygen atoms in total. The number of hydrogen-bond donors (Lipinski definition) is 0. The van der Waals surface area contributed by atoms with E-state index < -0.39 is 16.0 Å². The Bertz CT molecular complexity index is 1320. The lowest BCUT2D eigenvalue weighted by Crippen LogP contribution is -2.35. The fraction of sp³-hybridized carbons (Fsp3) is 0.400. The number of carbonyl (C=O) groups excluding carboxylic acids is 1. The Kier molecular flexibility index (Phi) is 7.23. The van der Waals surface area contributed by atoms with E-state index >= 15 is 0 Å². The molecule has 1 aliphatic heterocycles. The number of fused-ring (bicyclic) bond motifs is 1. The number of aromatic nitrogens is 3. The van der Waals surface area contributed by atoms with Crippen LogP contribution in [0.4, 0.5) is 0 Å². The minimum atomic E-state index is -3.74. The number of hydrogen-bond acceptors (Lipinski definition) is 7. The fourth-order valence-electron chi connectivity index (χ4n) is 4.23. The molecule has 3 aromatic rings. The van der Waals surface area contributed by atoms with Crippen LogP contribution in [-0.2, 0) is 28.4 Å². The van der Waals surface area contributed by atoms with Gasteiger partial charge in [-0.2, -0.15) is 14.2 Å². The molecular formula is C25H30N4O5S. The van der Waals surface area contributed by atoms with E-state index in [1.54, 1.807) is 31.3 Å². The highest BCUT2D eigenvalue weighted by molar-refractivity contribution is 7.89. The molecule has 0 bridgehead atoms. The van der Waals surface area contributed by atoms with E-state index in [2.05, 4.69) is 10.2 Å². The summed E-state index contributed by atoms with van der Waals surface area (Å²) < 4.78 is 39.6. The Balaban J connectivity index is 1.56. The first-order valence-electron chi connectivity index (χ1n) is 11.6. The van der Waals surface area contributed by atoms with Gasteiger partial charge in [-0.15, -0.1) is 5.10 Å². The maximum atomic E-state index is 13.5. The Labute approximate surface area is 205 Å². The van der Waals surface area contributed by atoms with Gasteiger partial charge in [-0.25, -0.2) is 8.42 Å². The van der Waals surface area contributed by atoms with Crippen LogP contribution >= 0.6 is 0 Å². The van der Waals surface area contributed by atoms with Crippen molar-refractivity contribution in [3.05, 3.63) is 65.4 Å². The molecule has 0 saturated carbocycles. The number of aryl methyl sites for hydroxylation is 2. The predicted octanol–water partition coefficient (Wildman–Crippen LogP) is 3.58. The summed E-state index contributed by atoms with van der Waals surface area (Å²) in [6, 6.07) is 12.7. The molecule has 0 radical (unpaired) electrons. The molecular weight excluding hydrogens is 468 g/mol. The van der Waals surface area contributed by atoms with Crippen molar-refractivity contribution in [2.75, 3.05) is 6.54 Å². The van der Waals surface area contributed by atoms with E-state index in [9.17, 15) is 13.2 Å². The van der Waals surface area contributed by atoms with Gasteiger partial charge in [0.1, 0.15) is 22.9 Å². The molecule has 1 unspecified atom stereocenters. The van der Waals surface area contributed by atoms with Crippen LogP contribution in [0.3, 0.4) is 0 Å². The van der Waals surface area contributed by atoms with Crippen LogP contribution in [0.5, 0.6) is 11.6 Å². The van der Waals surface area contributed by atoms with Crippen LogP contribution < -0.4 is 9.47 Å². The number of nitrogens with zero attached hydrogens (tertiary/aromatic N) is 4. The van der Waals surface area contributed by atoms with Crippen molar-refractivity contribution >= 4 is 16.0 Å². The number of ether oxygens (including phenoxy) is 2. The van der Waals surface area contributed by atoms with E-state index in [0.29, 0.717) is 5.75 Å². The van der Waals surface area contributed by atoms with Crippen LogP contribution in [0.1, 0.15) is 49.3 Å². The second-order valence-corrected chi connectivity index (χ2v) is 10.7. The minimum Gasteiger partial charge on any atom is -0.488 e. The molecule has 0 aliphatic carbocycles. The number of benzene rings is 2. The molecule has 10 heteroatoms. The molecule has 35 heavy (non-hydrogen) atoms. The normalized spacial score (nSPS) is 18.2. The van der Waals surface area contributed by atoms with Crippen LogP contribution in [0.15, 0.2) is 53.6 Å². The number of rotatable bonds is 7. The molecule has 1 aliphatic rings. The number of sulfonamides is 1. The number of para-hydroxylation sites is 1. The van der Waals surface area contributed by atoms with Crippen LogP contribution in [-0.4, -0.2) is 46.3 Å². The zero-order valence-electron chi connectivity index (χ0n) is 20.3. The molecule has 2 atom stereocenters. The monoisotopic (exact) mass is 498 g/mol. The SMILES string of the molecule is CCC(CC(=O)Oc1cnn(C)n1)c1ccc(C)c(CN2C[C@@H](C)Oc3ccccc3S2(=O)=O)c1. The highest BCUT2D eigenvalue weighted by Crippen LogP contribution is 2.33. The highest BCUT2D eigenvalue weighted by Gasteiger charge is 2.33. The summed E-state index contributed by atoms with van der Waals surface area (Å²) in [4.78, 5) is 14.0. The van der Waals surface area contributed by atoms with Crippen molar-refractivity contribution in [2.45, 2.75) is 57.1 Å². The van der Waals surface area contributed by atoms with Gasteiger partial charge < -0.3 is 9.47 Å². The summed E-state index contributed by atoms with van der Waals surface area (Å²) in [6.07, 6.45) is 2.00. The van der Waals surface area contributed by atoms with Crippen molar-refractivity contribution in [1.29, 1.82) is 0 Å². The van der Waals surface area contributed by atoms with E-state index in [1.807, 2.05) is 39.0 Å². The average molecular weight is 499 g/mol. The van der Waals surface area contributed by atoms with E-state index in [-0.39, 0.29) is 42.3 Å². The topological polar surface area (TPSA) is 104 Å². The van der Waals surface area contributed by atoms with E-state index in [0.717, 1.165) is 23.1 Å². The molecule has 0 amide bonds. The third-order valence-corrected chi connectivity index (χ3v) is 8.00. The van der Waals surface area contributed by atoms with Crippen molar-refractivity contribution < 1.29 is 22.7 Å². The molecule has 0 N–H and O–H groups in total. The first-order valence-corrected chi connectivity index (χ1v) is 13.0. The lowest BCUT2D eigenvalue weighted by atomic mass is 9.90. The Morgan fingerprint density at radius 3 is 2.74 bits per heavy atom. The van der Waals surface area contributed by atoms with Gasteiger partial charge in [-0.05, 0) is 55.0 Å². The highest BCUT2D eigenvalue weighted by atomic mass is 32.2. The van der Waals surface area contributed by atoms with Crippen molar-refractivity contribution in [3.8, 4) is 11.6 Å². The molecule has 2 heterocycles. The molecule has 0 saturated heterocycles. The molecule has 186 valence electrons. The molecule has 1 aromatic heterocycles. The number of carbonyl (C=O) groups is 1. The van der Waals surface area contributed by atoms with Crippen LogP contribution in [0.2, 0.25) is 0 Å². The maximum absolute atomic E-state index is 13.5. The minimum absolute atomic E-state index is 0.0813. The molecule has 0 fully saturated rings. The zero-order valence-corrected chi connectivity index (χ0v) is 21.2. The van der Waals surface area contributed by atoms with Gasteiger partial charge in [0, 0.05) is 13.6 Å². The third-order valence-electron chi connectivity index (χ3n) is 6.15. The van der Waals surface area contributed by atoms with Gasteiger partial charge >= 0.3 is 5.97 Å². The van der Waals surface area contributed by atoms with Gasteiger partial charge in [0.15, 0.2) is 0 Å². The van der Waals surface area contributed by atoms with E-state index in [1.165, 1.54) is 15.3 Å². The summed E-state index contributed by atoms with van der Waals surface area (Å²) in [5, 5.41) is 7.89. The average Bonchev–Trinajstić information content (AvgIpc) is 3.19.